The number of rotatable bonds is 21. The Bertz CT molecular complexity index is 2280. The summed E-state index contributed by atoms with van der Waals surface area (Å²) in [6.45, 7) is 13.7. The number of alkyl halides is 1. The van der Waals surface area contributed by atoms with E-state index in [0.717, 1.165) is 16.7 Å². The summed E-state index contributed by atoms with van der Waals surface area (Å²) in [5, 5.41) is 49.3. The van der Waals surface area contributed by atoms with Gasteiger partial charge in [0, 0.05) is 76.0 Å². The van der Waals surface area contributed by atoms with E-state index in [-0.39, 0.29) is 37.4 Å². The maximum atomic E-state index is 15.0. The number of amides is 1. The van der Waals surface area contributed by atoms with E-state index in [4.69, 9.17) is 43.7 Å². The number of hydrogen-bond donors (Lipinski definition) is 4. The molecular weight excluding hydrogens is 994 g/mol. The van der Waals surface area contributed by atoms with Gasteiger partial charge in [-0.1, -0.05) is 68.4 Å². The Morgan fingerprint density at radius 1 is 1.07 bits per heavy atom. The Morgan fingerprint density at radius 2 is 1.76 bits per heavy atom. The van der Waals surface area contributed by atoms with Crippen molar-refractivity contribution in [3.63, 3.8) is 0 Å². The number of carbonyl (C=O) groups is 2. The number of pyridine rings is 1. The van der Waals surface area contributed by atoms with Gasteiger partial charge < -0.3 is 63.9 Å². The first-order chi connectivity index (χ1) is 35.6. The number of oxime groups is 1. The molecule has 5 N–H and O–H groups in total. The summed E-state index contributed by atoms with van der Waals surface area (Å²) >= 11 is 1.43. The van der Waals surface area contributed by atoms with Crippen molar-refractivity contribution in [3.8, 4) is 11.1 Å². The van der Waals surface area contributed by atoms with Gasteiger partial charge in [-0.25, -0.2) is 9.07 Å². The molecule has 2 saturated heterocycles. The van der Waals surface area contributed by atoms with Gasteiger partial charge in [0.15, 0.2) is 6.29 Å². The number of primary amides is 1. The van der Waals surface area contributed by atoms with Crippen molar-refractivity contribution in [1.29, 1.82) is 0 Å². The predicted octanol–water partition coefficient (Wildman–Crippen LogP) is 5.53. The molecule has 0 aliphatic carbocycles. The third kappa shape index (κ3) is 14.9. The monoisotopic (exact) mass is 1080 g/mol. The lowest BCUT2D eigenvalue weighted by Crippen LogP contribution is -2.61. The van der Waals surface area contributed by atoms with Crippen molar-refractivity contribution in [2.24, 2.45) is 34.6 Å². The van der Waals surface area contributed by atoms with Crippen LogP contribution in [0.2, 0.25) is 0 Å². The number of aromatic nitrogens is 4. The zero-order chi connectivity index (χ0) is 55.4. The minimum absolute atomic E-state index is 0.162. The van der Waals surface area contributed by atoms with Crippen molar-refractivity contribution >= 4 is 29.4 Å². The minimum atomic E-state index is -1.90. The highest BCUT2D eigenvalue weighted by Crippen LogP contribution is 2.41. The summed E-state index contributed by atoms with van der Waals surface area (Å²) in [6, 6.07) is 9.46. The number of halogens is 1. The number of methoxy groups -OCH3 is 3. The number of hydrogen-bond acceptors (Lipinski definition) is 19. The van der Waals surface area contributed by atoms with Crippen LogP contribution in [0.5, 0.6) is 0 Å². The Hall–Kier alpha value is -4.20. The second-order valence-electron chi connectivity index (χ2n) is 20.5. The highest BCUT2D eigenvalue weighted by atomic mass is 32.2. The van der Waals surface area contributed by atoms with E-state index in [9.17, 15) is 29.3 Å². The quantitative estimate of drug-likeness (QED) is 0.0443. The summed E-state index contributed by atoms with van der Waals surface area (Å²) in [5.74, 6) is -3.81. The number of ether oxygens (including phenoxy) is 7. The number of cyclic esters (lactones) is 1. The summed E-state index contributed by atoms with van der Waals surface area (Å²) in [4.78, 5) is 37.4. The van der Waals surface area contributed by atoms with E-state index >= 15 is 0 Å². The summed E-state index contributed by atoms with van der Waals surface area (Å²) < 4.78 is 59.9. The van der Waals surface area contributed by atoms with Crippen LogP contribution in [-0.2, 0) is 49.2 Å². The van der Waals surface area contributed by atoms with E-state index < -0.39 is 108 Å². The highest BCUT2D eigenvalue weighted by Gasteiger charge is 2.52. The van der Waals surface area contributed by atoms with E-state index in [2.05, 4.69) is 20.5 Å². The molecular formula is C53H82FN7O13S. The third-order valence-corrected chi connectivity index (χ3v) is 15.5. The lowest BCUT2D eigenvalue weighted by atomic mass is 9.73. The maximum absolute atomic E-state index is 15.0. The molecule has 0 saturated carbocycles. The number of aliphatic hydroxyl groups excluding tert-OH is 2. The first-order valence-corrected chi connectivity index (χ1v) is 27.0. The maximum Gasteiger partial charge on any atom is 0.311 e. The van der Waals surface area contributed by atoms with Crippen LogP contribution in [0.3, 0.4) is 0 Å². The Balaban J connectivity index is 1.39. The number of esters is 1. The highest BCUT2D eigenvalue weighted by molar-refractivity contribution is 7.98. The number of nitrogens with two attached hydrogens (primary N) is 1. The zero-order valence-electron chi connectivity index (χ0n) is 45.8. The molecule has 2 aliphatic heterocycles. The standard InChI is InChI=1S/C53H82FN7O13S/c1-14-42-53(8,66)47(63)32(4)43(58-71-28-67-10)30(2)24-52(7,69-12)48(33(5)45(70-29-75-13)34(6)50(65)73-42)74-51-44(62)40(23-31(3)72-51)60(9)22-21-38-27-61(59-57-38)41(25-54)46(68-11)36-17-15-35(16-18-36)37-19-20-39(49(55)64)56-26-37/h15-20,26-27,30-34,40-42,44-48,51,62-63,66H,14,21-25,28-29H2,1-13H3,(H2,55,64)/b58-43+/t30-,31-,32+,33+,34-,40+,41-,42-,44-,45+,46-,47-,48-,51+,52-,53-/m1/s1. The summed E-state index contributed by atoms with van der Waals surface area (Å²) in [6.07, 6.45) is -1.25. The van der Waals surface area contributed by atoms with Crippen LogP contribution in [0.15, 0.2) is 53.9 Å². The molecule has 0 spiro atoms. The van der Waals surface area contributed by atoms with E-state index in [0.29, 0.717) is 30.8 Å². The average Bonchev–Trinajstić information content (AvgIpc) is 3.87. The summed E-state index contributed by atoms with van der Waals surface area (Å²) in [7, 11) is 6.44. The zero-order valence-corrected chi connectivity index (χ0v) is 46.6. The van der Waals surface area contributed by atoms with Crippen LogP contribution in [0.25, 0.3) is 11.1 Å². The fourth-order valence-corrected chi connectivity index (χ4v) is 11.0. The second kappa shape index (κ2) is 27.9. The van der Waals surface area contributed by atoms with Gasteiger partial charge in [0.05, 0.1) is 53.3 Å². The molecule has 22 heteroatoms. The smallest absolute Gasteiger partial charge is 0.311 e. The molecule has 1 amide bonds. The van der Waals surface area contributed by atoms with Crippen molar-refractivity contribution in [2.75, 3.05) is 60.6 Å². The molecule has 2 aromatic heterocycles. The molecule has 3 aromatic rings. The molecule has 2 fully saturated rings. The van der Waals surface area contributed by atoms with E-state index in [1.807, 2.05) is 70.2 Å². The molecule has 1 aromatic carbocycles. The number of aliphatic hydroxyl groups is 3. The van der Waals surface area contributed by atoms with Crippen LogP contribution in [0, 0.1) is 23.7 Å². The van der Waals surface area contributed by atoms with Crippen LogP contribution < -0.4 is 5.73 Å². The molecule has 5 rings (SSSR count). The van der Waals surface area contributed by atoms with Gasteiger partial charge in [0.1, 0.15) is 42.3 Å². The Kier molecular flexibility index (Phi) is 22.9. The molecule has 0 unspecified atom stereocenters. The fraction of sp³-hybridized carbons (Fsp3) is 0.698. The SMILES string of the molecule is CC[C@H]1OC(=O)[C@H](C)[C@@H](OCSC)[C@H](C)[C@@H](O[C@@H]2O[C@H](C)C[C@H](N(C)CCc3cn([C@H](CF)[C@H](OC)c4ccc(-c5ccc(C(N)=O)nc5)cc4)nn3)[C@H]2O)[C@](C)(OC)C[C@@H](C)/C(=N\OCOC)[C@H](C)[C@@H](O)[C@]1(C)O. The normalized spacial score (nSPS) is 32.7. The molecule has 20 nitrogen and oxygen atoms in total. The minimum Gasteiger partial charge on any atom is -0.459 e. The molecule has 16 atom stereocenters. The first-order valence-electron chi connectivity index (χ1n) is 25.6. The van der Waals surface area contributed by atoms with Crippen LogP contribution in [0.4, 0.5) is 4.39 Å². The van der Waals surface area contributed by atoms with E-state index in [1.165, 1.54) is 37.6 Å². The van der Waals surface area contributed by atoms with Crippen molar-refractivity contribution in [1.82, 2.24) is 24.9 Å². The largest absolute Gasteiger partial charge is 0.459 e. The Labute approximate surface area is 445 Å². The van der Waals surface area contributed by atoms with Gasteiger partial charge in [0.25, 0.3) is 5.91 Å². The van der Waals surface area contributed by atoms with Gasteiger partial charge in [-0.3, -0.25) is 14.6 Å². The molecule has 2 aliphatic rings. The second-order valence-corrected chi connectivity index (χ2v) is 21.3. The number of benzene rings is 1. The predicted molar refractivity (Wildman–Crippen MR) is 280 cm³/mol. The molecule has 0 radical (unpaired) electrons. The molecule has 420 valence electrons. The molecule has 4 heterocycles. The summed E-state index contributed by atoms with van der Waals surface area (Å²) in [5.41, 5.74) is 5.75. The van der Waals surface area contributed by atoms with Crippen LogP contribution in [-0.4, -0.2) is 179 Å². The number of nitrogens with zero attached hydrogens (tertiary/aromatic N) is 6. The fourth-order valence-electron chi connectivity index (χ4n) is 10.7. The lowest BCUT2D eigenvalue weighted by molar-refractivity contribution is -0.302. The molecule has 0 bridgehead atoms. The van der Waals surface area contributed by atoms with Crippen LogP contribution >= 0.6 is 11.8 Å². The molecule has 75 heavy (non-hydrogen) atoms. The number of likely N-dealkylation sites (N-methyl/N-ethyl adjacent to an activating group) is 1. The lowest BCUT2D eigenvalue weighted by Gasteiger charge is -2.49. The van der Waals surface area contributed by atoms with Crippen LogP contribution in [0.1, 0.15) is 109 Å². The van der Waals surface area contributed by atoms with Gasteiger partial charge in [-0.2, -0.15) is 0 Å². The van der Waals surface area contributed by atoms with E-state index in [1.54, 1.807) is 52.4 Å². The number of thioether (sulfide) groups is 1. The van der Waals surface area contributed by atoms with Crippen molar-refractivity contribution in [2.45, 2.75) is 153 Å². The topological polar surface area (TPSA) is 254 Å². The Morgan fingerprint density at radius 3 is 2.35 bits per heavy atom. The third-order valence-electron chi connectivity index (χ3n) is 15.1. The van der Waals surface area contributed by atoms with Gasteiger partial charge >= 0.3 is 5.97 Å². The van der Waals surface area contributed by atoms with Gasteiger partial charge in [-0.05, 0) is 77.5 Å². The van der Waals surface area contributed by atoms with Gasteiger partial charge in [-0.15, -0.1) is 16.9 Å². The van der Waals surface area contributed by atoms with Crippen molar-refractivity contribution < 1.29 is 67.3 Å². The van der Waals surface area contributed by atoms with Gasteiger partial charge in [0.2, 0.25) is 6.79 Å². The first kappa shape index (κ1) is 61.7. The average molecular weight is 1080 g/mol. The van der Waals surface area contributed by atoms with Crippen molar-refractivity contribution in [3.05, 3.63) is 65.7 Å². The number of carbonyl (C=O) groups excluding carboxylic acids is 2.